The summed E-state index contributed by atoms with van der Waals surface area (Å²) in [4.78, 5) is 0. The molecule has 0 saturated heterocycles. The standard InChI is InChI=1S/C25H32Si2/c1-5-13-22(14-6-1)21-25(27-24-17-9-3-10-18-24)19-11-4-12-20-26-23-15-7-2-8-16-23/h2-3,7-10,15-18,21-22H,1,4-6,11-14,19-20H2/b25-21+. The van der Waals surface area contributed by atoms with Crippen LogP contribution in [-0.4, -0.2) is 19.0 Å². The van der Waals surface area contributed by atoms with Gasteiger partial charge in [-0.2, -0.15) is 0 Å². The number of hydrogen-bond acceptors (Lipinski definition) is 0. The smallest absolute Gasteiger partial charge is 0.0861 e. The van der Waals surface area contributed by atoms with Crippen LogP contribution in [0.5, 0.6) is 0 Å². The lowest BCUT2D eigenvalue weighted by Gasteiger charge is -2.20. The summed E-state index contributed by atoms with van der Waals surface area (Å²) in [5.74, 6) is 0.851. The van der Waals surface area contributed by atoms with Gasteiger partial charge in [0.2, 0.25) is 0 Å². The van der Waals surface area contributed by atoms with Crippen molar-refractivity contribution < 1.29 is 0 Å². The van der Waals surface area contributed by atoms with Gasteiger partial charge in [0.15, 0.2) is 0 Å². The van der Waals surface area contributed by atoms with E-state index in [9.17, 15) is 0 Å². The molecule has 2 aromatic rings. The highest BCUT2D eigenvalue weighted by Crippen LogP contribution is 2.26. The molecule has 0 aromatic heterocycles. The van der Waals surface area contributed by atoms with Crippen molar-refractivity contribution in [3.63, 3.8) is 0 Å². The van der Waals surface area contributed by atoms with E-state index >= 15 is 0 Å². The molecule has 0 bridgehead atoms. The molecule has 1 saturated carbocycles. The molecule has 0 unspecified atom stereocenters. The Kier molecular flexibility index (Phi) is 9.16. The van der Waals surface area contributed by atoms with Gasteiger partial charge in [-0.3, -0.25) is 0 Å². The third kappa shape index (κ3) is 8.02. The number of benzene rings is 2. The lowest BCUT2D eigenvalue weighted by atomic mass is 9.89. The molecule has 140 valence electrons. The van der Waals surface area contributed by atoms with Crippen molar-refractivity contribution in [2.45, 2.75) is 63.8 Å². The van der Waals surface area contributed by atoms with Crippen LogP contribution in [0.25, 0.3) is 0 Å². The third-order valence-corrected chi connectivity index (χ3v) is 8.10. The van der Waals surface area contributed by atoms with Gasteiger partial charge < -0.3 is 0 Å². The molecule has 0 heterocycles. The molecule has 0 aliphatic heterocycles. The van der Waals surface area contributed by atoms with E-state index in [1.165, 1.54) is 74.2 Å². The van der Waals surface area contributed by atoms with Crippen molar-refractivity contribution in [1.82, 2.24) is 0 Å². The zero-order chi connectivity index (χ0) is 18.6. The molecule has 4 radical (unpaired) electrons. The lowest BCUT2D eigenvalue weighted by Crippen LogP contribution is -2.17. The van der Waals surface area contributed by atoms with Gasteiger partial charge in [-0.1, -0.05) is 120 Å². The van der Waals surface area contributed by atoms with Crippen LogP contribution in [0.15, 0.2) is 71.9 Å². The van der Waals surface area contributed by atoms with Gasteiger partial charge in [0, 0.05) is 0 Å². The fraction of sp³-hybridized carbons (Fsp3) is 0.440. The number of allylic oxidation sites excluding steroid dienone is 2. The largest absolute Gasteiger partial charge is 0.115 e. The van der Waals surface area contributed by atoms with Gasteiger partial charge in [-0.25, -0.2) is 0 Å². The van der Waals surface area contributed by atoms with Gasteiger partial charge in [0.1, 0.15) is 9.52 Å². The molecule has 1 aliphatic rings. The molecular weight excluding hydrogens is 356 g/mol. The van der Waals surface area contributed by atoms with Crippen molar-refractivity contribution in [2.75, 3.05) is 0 Å². The molecule has 0 atom stereocenters. The number of unbranched alkanes of at least 4 members (excludes halogenated alkanes) is 2. The second-order valence-electron chi connectivity index (χ2n) is 7.68. The summed E-state index contributed by atoms with van der Waals surface area (Å²) in [6.07, 6.45) is 15.2. The summed E-state index contributed by atoms with van der Waals surface area (Å²) in [5.41, 5.74) is 0. The first-order chi connectivity index (χ1) is 13.4. The summed E-state index contributed by atoms with van der Waals surface area (Å²) in [5, 5.41) is 4.74. The van der Waals surface area contributed by atoms with Gasteiger partial charge in [0.25, 0.3) is 0 Å². The summed E-state index contributed by atoms with van der Waals surface area (Å²) in [6.45, 7) is 0. The van der Waals surface area contributed by atoms with E-state index in [4.69, 9.17) is 0 Å². The minimum atomic E-state index is 0.851. The summed E-state index contributed by atoms with van der Waals surface area (Å²) < 4.78 is 0. The average Bonchev–Trinajstić information content (AvgIpc) is 2.73. The van der Waals surface area contributed by atoms with E-state index < -0.39 is 0 Å². The Morgan fingerprint density at radius 2 is 1.44 bits per heavy atom. The SMILES string of the molecule is C(=C(/CCCCC[Si]c1ccccc1)[Si]c1ccccc1)/C1CCCCC1. The maximum absolute atomic E-state index is 2.68. The quantitative estimate of drug-likeness (QED) is 0.373. The van der Waals surface area contributed by atoms with Crippen LogP contribution < -0.4 is 10.4 Å². The zero-order valence-corrected chi connectivity index (χ0v) is 18.5. The first kappa shape index (κ1) is 20.4. The molecule has 0 N–H and O–H groups in total. The number of rotatable bonds is 10. The van der Waals surface area contributed by atoms with E-state index in [0.29, 0.717) is 0 Å². The molecule has 0 nitrogen and oxygen atoms in total. The molecule has 0 amide bonds. The van der Waals surface area contributed by atoms with Crippen LogP contribution in [0.4, 0.5) is 0 Å². The van der Waals surface area contributed by atoms with Crippen molar-refractivity contribution >= 4 is 29.4 Å². The Bertz CT molecular complexity index is 657. The summed E-state index contributed by atoms with van der Waals surface area (Å²) in [6, 6.07) is 23.4. The van der Waals surface area contributed by atoms with Gasteiger partial charge in [-0.15, -0.1) is 0 Å². The second-order valence-corrected chi connectivity index (χ2v) is 10.6. The Labute approximate surface area is 171 Å². The second kappa shape index (κ2) is 12.1. The Morgan fingerprint density at radius 3 is 2.15 bits per heavy atom. The predicted molar refractivity (Wildman–Crippen MR) is 122 cm³/mol. The Morgan fingerprint density at radius 1 is 0.778 bits per heavy atom. The van der Waals surface area contributed by atoms with Gasteiger partial charge >= 0.3 is 0 Å². The van der Waals surface area contributed by atoms with Crippen molar-refractivity contribution in [3.05, 3.63) is 71.9 Å². The molecule has 2 heteroatoms. The van der Waals surface area contributed by atoms with E-state index in [0.717, 1.165) is 25.0 Å². The van der Waals surface area contributed by atoms with E-state index in [-0.39, 0.29) is 0 Å². The molecule has 1 aliphatic carbocycles. The van der Waals surface area contributed by atoms with Gasteiger partial charge in [-0.05, 0) is 31.6 Å². The fourth-order valence-electron chi connectivity index (χ4n) is 3.89. The van der Waals surface area contributed by atoms with Crippen LogP contribution in [-0.2, 0) is 0 Å². The van der Waals surface area contributed by atoms with Crippen LogP contribution >= 0.6 is 0 Å². The normalized spacial score (nSPS) is 15.8. The Balaban J connectivity index is 1.43. The molecule has 3 rings (SSSR count). The van der Waals surface area contributed by atoms with Crippen LogP contribution in [0, 0.1) is 5.92 Å². The van der Waals surface area contributed by atoms with Crippen molar-refractivity contribution in [2.24, 2.45) is 5.92 Å². The predicted octanol–water partition coefficient (Wildman–Crippen LogP) is 5.49. The third-order valence-electron chi connectivity index (χ3n) is 5.39. The summed E-state index contributed by atoms with van der Waals surface area (Å²) >= 11 is 0. The topological polar surface area (TPSA) is 0 Å². The van der Waals surface area contributed by atoms with E-state index in [1.807, 2.05) is 0 Å². The first-order valence-electron chi connectivity index (χ1n) is 10.7. The summed E-state index contributed by atoms with van der Waals surface area (Å²) in [7, 11) is 1.85. The maximum Gasteiger partial charge on any atom is 0.115 e. The van der Waals surface area contributed by atoms with Gasteiger partial charge in [0.05, 0.1) is 9.52 Å². The zero-order valence-electron chi connectivity index (χ0n) is 16.5. The molecule has 0 spiro atoms. The average molecular weight is 389 g/mol. The minimum Gasteiger partial charge on any atom is -0.0861 e. The van der Waals surface area contributed by atoms with E-state index in [2.05, 4.69) is 66.7 Å². The monoisotopic (exact) mass is 388 g/mol. The number of hydrogen-bond donors (Lipinski definition) is 0. The highest BCUT2D eigenvalue weighted by atomic mass is 28.2. The Hall–Kier alpha value is -1.39. The maximum atomic E-state index is 2.68. The minimum absolute atomic E-state index is 0.851. The van der Waals surface area contributed by atoms with Crippen LogP contribution in [0.3, 0.4) is 0 Å². The van der Waals surface area contributed by atoms with Crippen LogP contribution in [0.1, 0.15) is 57.8 Å². The highest BCUT2D eigenvalue weighted by molar-refractivity contribution is 6.60. The molecular formula is C25H32Si2. The highest BCUT2D eigenvalue weighted by Gasteiger charge is 2.12. The first-order valence-corrected chi connectivity index (χ1v) is 12.9. The molecule has 1 fully saturated rings. The lowest BCUT2D eigenvalue weighted by molar-refractivity contribution is 0.418. The van der Waals surface area contributed by atoms with E-state index in [1.54, 1.807) is 5.20 Å². The van der Waals surface area contributed by atoms with Crippen molar-refractivity contribution in [1.29, 1.82) is 0 Å². The van der Waals surface area contributed by atoms with Crippen molar-refractivity contribution in [3.8, 4) is 0 Å². The molecule has 2 aromatic carbocycles. The van der Waals surface area contributed by atoms with Crippen LogP contribution in [0.2, 0.25) is 6.04 Å². The molecule has 27 heavy (non-hydrogen) atoms. The fourth-order valence-corrected chi connectivity index (χ4v) is 6.38.